The van der Waals surface area contributed by atoms with Gasteiger partial charge in [-0.2, -0.15) is 11.8 Å². The largest absolute Gasteiger partial charge is 0.298 e. The van der Waals surface area contributed by atoms with Crippen molar-refractivity contribution in [2.45, 2.75) is 44.5 Å². The molecule has 0 radical (unpaired) electrons. The number of hydrogen-bond donors (Lipinski definition) is 1. The van der Waals surface area contributed by atoms with Crippen LogP contribution in [-0.4, -0.2) is 16.1 Å². The molecule has 0 amide bonds. The van der Waals surface area contributed by atoms with Gasteiger partial charge in [0.15, 0.2) is 0 Å². The van der Waals surface area contributed by atoms with Crippen LogP contribution in [0.1, 0.15) is 34.1 Å². The Balaban J connectivity index is 2.74. The lowest BCUT2D eigenvalue weighted by Gasteiger charge is -2.37. The van der Waals surface area contributed by atoms with E-state index < -0.39 is 0 Å². The van der Waals surface area contributed by atoms with Gasteiger partial charge in [0.1, 0.15) is 0 Å². The molecule has 0 bridgehead atoms. The van der Waals surface area contributed by atoms with Crippen molar-refractivity contribution in [3.05, 3.63) is 0 Å². The molecule has 0 aromatic carbocycles. The molecule has 2 nitrogen and oxygen atoms in total. The van der Waals surface area contributed by atoms with E-state index in [0.717, 1.165) is 0 Å². The molecule has 1 saturated heterocycles. The first-order valence-electron chi connectivity index (χ1n) is 4.42. The van der Waals surface area contributed by atoms with Gasteiger partial charge in [0, 0.05) is 10.7 Å². The quantitative estimate of drug-likeness (QED) is 0.676. The van der Waals surface area contributed by atoms with Crippen LogP contribution in [-0.2, 0) is 4.84 Å². The van der Waals surface area contributed by atoms with Crippen LogP contribution < -0.4 is 5.90 Å². The molecule has 1 rings (SSSR count). The number of nitrogens with two attached hydrogens (primary N) is 1. The second-order valence-corrected chi connectivity index (χ2v) is 6.26. The molecule has 1 heterocycles. The predicted octanol–water partition coefficient (Wildman–Crippen LogP) is 2.19. The predicted molar refractivity (Wildman–Crippen MR) is 54.0 cm³/mol. The Kier molecular flexibility index (Phi) is 2.76. The monoisotopic (exact) mass is 189 g/mol. The first-order valence-corrected chi connectivity index (χ1v) is 5.40. The van der Waals surface area contributed by atoms with Gasteiger partial charge in [-0.3, -0.25) is 4.84 Å². The van der Waals surface area contributed by atoms with Gasteiger partial charge < -0.3 is 0 Å². The van der Waals surface area contributed by atoms with Gasteiger partial charge in [-0.1, -0.05) is 13.8 Å². The summed E-state index contributed by atoms with van der Waals surface area (Å²) >= 11 is 2.01. The van der Waals surface area contributed by atoms with Crippen molar-refractivity contribution in [3.63, 3.8) is 0 Å². The second-order valence-electron chi connectivity index (χ2n) is 4.51. The summed E-state index contributed by atoms with van der Waals surface area (Å²) in [5.41, 5.74) is -0.187. The molecule has 0 saturated carbocycles. The van der Waals surface area contributed by atoms with Crippen molar-refractivity contribution < 1.29 is 4.84 Å². The smallest absolute Gasteiger partial charge is 0.0879 e. The molecule has 1 unspecified atom stereocenters. The van der Waals surface area contributed by atoms with Gasteiger partial charge in [-0.05, 0) is 26.0 Å². The van der Waals surface area contributed by atoms with Crippen LogP contribution in [0, 0.1) is 5.92 Å². The van der Waals surface area contributed by atoms with Gasteiger partial charge in [-0.25, -0.2) is 5.90 Å². The summed E-state index contributed by atoms with van der Waals surface area (Å²) in [6.07, 6.45) is 1.21. The standard InChI is InChI=1S/C9H19NOS/c1-8(2,11-10)7-5-6-12-9(7,3)4/h7H,5-6,10H2,1-4H3. The van der Waals surface area contributed by atoms with Crippen molar-refractivity contribution in [2.24, 2.45) is 11.8 Å². The van der Waals surface area contributed by atoms with E-state index in [0.29, 0.717) is 10.7 Å². The Morgan fingerprint density at radius 1 is 1.50 bits per heavy atom. The summed E-state index contributed by atoms with van der Waals surface area (Å²) in [7, 11) is 0. The molecule has 1 atom stereocenters. The summed E-state index contributed by atoms with van der Waals surface area (Å²) in [6, 6.07) is 0. The van der Waals surface area contributed by atoms with Gasteiger partial charge in [-0.15, -0.1) is 0 Å². The number of thioether (sulfide) groups is 1. The molecule has 0 aromatic heterocycles. The third-order valence-corrected chi connectivity index (χ3v) is 4.33. The lowest BCUT2D eigenvalue weighted by atomic mass is 9.80. The Hall–Kier alpha value is 0.270. The zero-order chi connectivity index (χ0) is 9.41. The lowest BCUT2D eigenvalue weighted by Crippen LogP contribution is -2.44. The fourth-order valence-electron chi connectivity index (χ4n) is 2.15. The minimum atomic E-state index is -0.187. The van der Waals surface area contributed by atoms with E-state index in [1.807, 2.05) is 11.8 Å². The lowest BCUT2D eigenvalue weighted by molar-refractivity contribution is -0.0693. The van der Waals surface area contributed by atoms with Crippen LogP contribution in [0.3, 0.4) is 0 Å². The van der Waals surface area contributed by atoms with Gasteiger partial charge >= 0.3 is 0 Å². The highest BCUT2D eigenvalue weighted by atomic mass is 32.2. The highest BCUT2D eigenvalue weighted by Crippen LogP contribution is 2.47. The zero-order valence-electron chi connectivity index (χ0n) is 8.39. The Labute approximate surface area is 79.2 Å². The second kappa shape index (κ2) is 3.20. The van der Waals surface area contributed by atoms with Gasteiger partial charge in [0.2, 0.25) is 0 Å². The molecule has 1 aliphatic heterocycles. The van der Waals surface area contributed by atoms with E-state index in [2.05, 4.69) is 27.7 Å². The van der Waals surface area contributed by atoms with E-state index >= 15 is 0 Å². The summed E-state index contributed by atoms with van der Waals surface area (Å²) in [4.78, 5) is 5.04. The third-order valence-electron chi connectivity index (χ3n) is 2.86. The van der Waals surface area contributed by atoms with Crippen molar-refractivity contribution >= 4 is 11.8 Å². The average molecular weight is 189 g/mol. The van der Waals surface area contributed by atoms with Crippen molar-refractivity contribution in [1.29, 1.82) is 0 Å². The summed E-state index contributed by atoms with van der Waals surface area (Å²) in [5.74, 6) is 7.08. The van der Waals surface area contributed by atoms with E-state index in [4.69, 9.17) is 10.7 Å². The SMILES string of the molecule is CC(C)(ON)C1CCSC1(C)C. The third kappa shape index (κ3) is 1.78. The fraction of sp³-hybridized carbons (Fsp3) is 1.00. The highest BCUT2D eigenvalue weighted by Gasteiger charge is 2.45. The number of rotatable bonds is 2. The maximum absolute atomic E-state index is 5.30. The van der Waals surface area contributed by atoms with Gasteiger partial charge in [0.25, 0.3) is 0 Å². The Morgan fingerprint density at radius 3 is 2.42 bits per heavy atom. The zero-order valence-corrected chi connectivity index (χ0v) is 9.20. The molecular weight excluding hydrogens is 170 g/mol. The van der Waals surface area contributed by atoms with Crippen molar-refractivity contribution in [3.8, 4) is 0 Å². The van der Waals surface area contributed by atoms with Gasteiger partial charge in [0.05, 0.1) is 5.60 Å². The fourth-order valence-corrected chi connectivity index (χ4v) is 3.64. The molecule has 0 spiro atoms. The Bertz CT molecular complexity index is 168. The minimum absolute atomic E-state index is 0.187. The van der Waals surface area contributed by atoms with E-state index in [9.17, 15) is 0 Å². The average Bonchev–Trinajstić information content (AvgIpc) is 2.30. The highest BCUT2D eigenvalue weighted by molar-refractivity contribution is 8.00. The van der Waals surface area contributed by atoms with E-state index in [1.165, 1.54) is 12.2 Å². The Morgan fingerprint density at radius 2 is 2.08 bits per heavy atom. The molecule has 12 heavy (non-hydrogen) atoms. The molecule has 2 N–H and O–H groups in total. The molecule has 0 aliphatic carbocycles. The number of hydrogen-bond acceptors (Lipinski definition) is 3. The molecule has 1 fully saturated rings. The van der Waals surface area contributed by atoms with Crippen molar-refractivity contribution in [2.75, 3.05) is 5.75 Å². The molecule has 3 heteroatoms. The molecule has 72 valence electrons. The normalized spacial score (nSPS) is 29.2. The van der Waals surface area contributed by atoms with Crippen LogP contribution in [0.25, 0.3) is 0 Å². The van der Waals surface area contributed by atoms with Crippen molar-refractivity contribution in [1.82, 2.24) is 0 Å². The topological polar surface area (TPSA) is 35.2 Å². The first-order chi connectivity index (χ1) is 5.40. The molecule has 1 aliphatic rings. The van der Waals surface area contributed by atoms with E-state index in [-0.39, 0.29) is 5.60 Å². The van der Waals surface area contributed by atoms with Crippen LogP contribution in [0.4, 0.5) is 0 Å². The first kappa shape index (κ1) is 10.4. The van der Waals surface area contributed by atoms with Crippen LogP contribution in [0.2, 0.25) is 0 Å². The maximum atomic E-state index is 5.30. The summed E-state index contributed by atoms with van der Waals surface area (Å²) in [5, 5.41) is 0. The summed E-state index contributed by atoms with van der Waals surface area (Å²) < 4.78 is 0.308. The van der Waals surface area contributed by atoms with E-state index in [1.54, 1.807) is 0 Å². The van der Waals surface area contributed by atoms with Crippen LogP contribution >= 0.6 is 11.8 Å². The minimum Gasteiger partial charge on any atom is -0.298 e. The van der Waals surface area contributed by atoms with Crippen LogP contribution in [0.15, 0.2) is 0 Å². The van der Waals surface area contributed by atoms with Crippen LogP contribution in [0.5, 0.6) is 0 Å². The molecular formula is C9H19NOS. The summed E-state index contributed by atoms with van der Waals surface area (Å²) in [6.45, 7) is 8.70. The molecule has 0 aromatic rings. The maximum Gasteiger partial charge on any atom is 0.0879 e.